The van der Waals surface area contributed by atoms with Gasteiger partial charge in [0.05, 0.1) is 18.8 Å². The van der Waals surface area contributed by atoms with Gasteiger partial charge in [-0.1, -0.05) is 30.3 Å². The average molecular weight is 337 g/mol. The Morgan fingerprint density at radius 2 is 1.92 bits per heavy atom. The minimum Gasteiger partial charge on any atom is -0.504 e. The van der Waals surface area contributed by atoms with Crippen LogP contribution in [0.4, 0.5) is 0 Å². The highest BCUT2D eigenvalue weighted by molar-refractivity contribution is 5.95. The van der Waals surface area contributed by atoms with Crippen molar-refractivity contribution in [1.82, 2.24) is 15.1 Å². The van der Waals surface area contributed by atoms with Crippen molar-refractivity contribution < 1.29 is 15.0 Å². The number of phenols is 2. The van der Waals surface area contributed by atoms with Crippen LogP contribution in [0.1, 0.15) is 34.5 Å². The van der Waals surface area contributed by atoms with E-state index in [0.717, 1.165) is 11.1 Å². The summed E-state index contributed by atoms with van der Waals surface area (Å²) in [6.07, 6.45) is 3.62. The highest BCUT2D eigenvalue weighted by Crippen LogP contribution is 2.25. The Balaban J connectivity index is 1.66. The molecular formula is C19H19N3O3. The van der Waals surface area contributed by atoms with Gasteiger partial charge in [0.25, 0.3) is 5.91 Å². The topological polar surface area (TPSA) is 87.4 Å². The van der Waals surface area contributed by atoms with Crippen LogP contribution in [0, 0.1) is 0 Å². The van der Waals surface area contributed by atoms with Crippen LogP contribution in [0.25, 0.3) is 0 Å². The summed E-state index contributed by atoms with van der Waals surface area (Å²) in [6.45, 7) is 2.52. The summed E-state index contributed by atoms with van der Waals surface area (Å²) in [5, 5.41) is 26.0. The van der Waals surface area contributed by atoms with Crippen molar-refractivity contribution in [2.45, 2.75) is 19.5 Å². The zero-order chi connectivity index (χ0) is 17.8. The SMILES string of the molecule is CC(NC(=O)c1ccc(O)c(O)c1)c1cnn(Cc2ccccc2)c1. The van der Waals surface area contributed by atoms with Crippen molar-refractivity contribution in [3.05, 3.63) is 77.6 Å². The van der Waals surface area contributed by atoms with Gasteiger partial charge in [-0.15, -0.1) is 0 Å². The van der Waals surface area contributed by atoms with E-state index in [2.05, 4.69) is 10.4 Å². The molecule has 6 nitrogen and oxygen atoms in total. The van der Waals surface area contributed by atoms with Crippen molar-refractivity contribution in [2.24, 2.45) is 0 Å². The third-order valence-electron chi connectivity index (χ3n) is 3.93. The van der Waals surface area contributed by atoms with Crippen LogP contribution in [0.15, 0.2) is 60.9 Å². The molecule has 0 aliphatic carbocycles. The quantitative estimate of drug-likeness (QED) is 0.625. The summed E-state index contributed by atoms with van der Waals surface area (Å²) in [4.78, 5) is 12.3. The molecular weight excluding hydrogens is 318 g/mol. The Morgan fingerprint density at radius 3 is 2.64 bits per heavy atom. The molecule has 0 radical (unpaired) electrons. The Bertz CT molecular complexity index is 875. The molecule has 128 valence electrons. The van der Waals surface area contributed by atoms with Crippen LogP contribution in [0.2, 0.25) is 0 Å². The molecule has 1 amide bonds. The predicted octanol–water partition coefficient (Wildman–Crippen LogP) is 2.83. The first-order valence-corrected chi connectivity index (χ1v) is 7.92. The van der Waals surface area contributed by atoms with Gasteiger partial charge >= 0.3 is 0 Å². The van der Waals surface area contributed by atoms with Crippen LogP contribution in [0.5, 0.6) is 11.5 Å². The van der Waals surface area contributed by atoms with E-state index in [1.807, 2.05) is 48.1 Å². The van der Waals surface area contributed by atoms with E-state index in [1.54, 1.807) is 6.20 Å². The molecule has 1 atom stereocenters. The van der Waals surface area contributed by atoms with E-state index in [9.17, 15) is 15.0 Å². The van der Waals surface area contributed by atoms with Gasteiger partial charge in [0.15, 0.2) is 11.5 Å². The normalized spacial score (nSPS) is 11.9. The highest BCUT2D eigenvalue weighted by Gasteiger charge is 2.14. The van der Waals surface area contributed by atoms with Gasteiger partial charge in [-0.25, -0.2) is 0 Å². The maximum absolute atomic E-state index is 12.3. The molecule has 0 aliphatic heterocycles. The smallest absolute Gasteiger partial charge is 0.251 e. The van der Waals surface area contributed by atoms with Gasteiger partial charge in [-0.05, 0) is 30.7 Å². The molecule has 0 aliphatic rings. The van der Waals surface area contributed by atoms with Crippen molar-refractivity contribution in [3.63, 3.8) is 0 Å². The number of nitrogens with zero attached hydrogens (tertiary/aromatic N) is 2. The molecule has 3 N–H and O–H groups in total. The minimum atomic E-state index is -0.335. The number of hydrogen-bond acceptors (Lipinski definition) is 4. The fraction of sp³-hybridized carbons (Fsp3) is 0.158. The van der Waals surface area contributed by atoms with Crippen LogP contribution >= 0.6 is 0 Å². The predicted molar refractivity (Wildman–Crippen MR) is 93.4 cm³/mol. The van der Waals surface area contributed by atoms with E-state index in [4.69, 9.17) is 0 Å². The van der Waals surface area contributed by atoms with Crippen molar-refractivity contribution in [1.29, 1.82) is 0 Å². The van der Waals surface area contributed by atoms with Gasteiger partial charge < -0.3 is 15.5 Å². The summed E-state index contributed by atoms with van der Waals surface area (Å²) >= 11 is 0. The standard InChI is InChI=1S/C19H19N3O3/c1-13(21-19(25)15-7-8-17(23)18(24)9-15)16-10-20-22(12-16)11-14-5-3-2-4-6-14/h2-10,12-13,23-24H,11H2,1H3,(H,21,25). The van der Waals surface area contributed by atoms with Crippen LogP contribution < -0.4 is 5.32 Å². The van der Waals surface area contributed by atoms with Crippen molar-refractivity contribution in [3.8, 4) is 11.5 Å². The third-order valence-corrected chi connectivity index (χ3v) is 3.93. The molecule has 0 saturated carbocycles. The second-order valence-electron chi connectivity index (χ2n) is 5.86. The second-order valence-corrected chi connectivity index (χ2v) is 5.86. The maximum Gasteiger partial charge on any atom is 0.251 e. The molecule has 3 rings (SSSR count). The Morgan fingerprint density at radius 1 is 1.16 bits per heavy atom. The van der Waals surface area contributed by atoms with Crippen molar-refractivity contribution >= 4 is 5.91 Å². The fourth-order valence-electron chi connectivity index (χ4n) is 2.49. The molecule has 3 aromatic rings. The lowest BCUT2D eigenvalue weighted by atomic mass is 10.1. The molecule has 0 saturated heterocycles. The summed E-state index contributed by atoms with van der Waals surface area (Å²) in [5.41, 5.74) is 2.31. The summed E-state index contributed by atoms with van der Waals surface area (Å²) in [6, 6.07) is 13.7. The fourth-order valence-corrected chi connectivity index (χ4v) is 2.49. The first-order valence-electron chi connectivity index (χ1n) is 7.92. The number of nitrogens with one attached hydrogen (secondary N) is 1. The summed E-state index contributed by atoms with van der Waals surface area (Å²) < 4.78 is 1.82. The number of carbonyl (C=O) groups excluding carboxylic acids is 1. The van der Waals surface area contributed by atoms with E-state index in [-0.39, 0.29) is 29.0 Å². The zero-order valence-electron chi connectivity index (χ0n) is 13.8. The number of aromatic hydroxyl groups is 2. The highest BCUT2D eigenvalue weighted by atomic mass is 16.3. The molecule has 1 heterocycles. The van der Waals surface area contributed by atoms with Gasteiger partial charge in [0.2, 0.25) is 0 Å². The number of benzene rings is 2. The lowest BCUT2D eigenvalue weighted by Gasteiger charge is -2.12. The van der Waals surface area contributed by atoms with Gasteiger partial charge in [0, 0.05) is 17.3 Å². The number of carbonyl (C=O) groups is 1. The maximum atomic E-state index is 12.3. The zero-order valence-corrected chi connectivity index (χ0v) is 13.8. The molecule has 25 heavy (non-hydrogen) atoms. The van der Waals surface area contributed by atoms with Gasteiger partial charge in [-0.3, -0.25) is 9.48 Å². The molecule has 0 bridgehead atoms. The van der Waals surface area contributed by atoms with Crippen LogP contribution in [0.3, 0.4) is 0 Å². The first-order chi connectivity index (χ1) is 12.0. The summed E-state index contributed by atoms with van der Waals surface area (Å²) in [5.74, 6) is -0.915. The number of amides is 1. The van der Waals surface area contributed by atoms with Gasteiger partial charge in [-0.2, -0.15) is 5.10 Å². The monoisotopic (exact) mass is 337 g/mol. The third kappa shape index (κ3) is 3.98. The first kappa shape index (κ1) is 16.6. The van der Waals surface area contributed by atoms with E-state index in [1.165, 1.54) is 18.2 Å². The second kappa shape index (κ2) is 7.09. The molecule has 6 heteroatoms. The van der Waals surface area contributed by atoms with E-state index >= 15 is 0 Å². The molecule has 0 spiro atoms. The van der Waals surface area contributed by atoms with Crippen LogP contribution in [-0.4, -0.2) is 25.9 Å². The summed E-state index contributed by atoms with van der Waals surface area (Å²) in [7, 11) is 0. The molecule has 1 aromatic heterocycles. The lowest BCUT2D eigenvalue weighted by Crippen LogP contribution is -2.26. The number of rotatable bonds is 5. The van der Waals surface area contributed by atoms with Crippen molar-refractivity contribution in [2.75, 3.05) is 0 Å². The minimum absolute atomic E-state index is 0.243. The number of aromatic nitrogens is 2. The Hall–Kier alpha value is -3.28. The lowest BCUT2D eigenvalue weighted by molar-refractivity contribution is 0.0939. The Labute approximate surface area is 145 Å². The largest absolute Gasteiger partial charge is 0.504 e. The molecule has 0 fully saturated rings. The average Bonchev–Trinajstić information content (AvgIpc) is 3.07. The van der Waals surface area contributed by atoms with E-state index < -0.39 is 0 Å². The number of hydrogen-bond donors (Lipinski definition) is 3. The number of phenolic OH excluding ortho intramolecular Hbond substituents is 2. The molecule has 2 aromatic carbocycles. The Kier molecular flexibility index (Phi) is 4.70. The van der Waals surface area contributed by atoms with E-state index in [0.29, 0.717) is 6.54 Å². The van der Waals surface area contributed by atoms with Crippen LogP contribution in [-0.2, 0) is 6.54 Å². The molecule has 1 unspecified atom stereocenters. The van der Waals surface area contributed by atoms with Gasteiger partial charge in [0.1, 0.15) is 0 Å².